The standard InChI is InChI=1S/C12H15NO2/c1-3-10-4-5-12(15-2)11(8-10)6-7-13-9-14/h4-5,8H,3,6-7H2,1-2H3. The van der Waals surface area contributed by atoms with Gasteiger partial charge in [-0.25, -0.2) is 9.79 Å². The van der Waals surface area contributed by atoms with Crippen LogP contribution in [0.2, 0.25) is 0 Å². The Balaban J connectivity index is 2.85. The summed E-state index contributed by atoms with van der Waals surface area (Å²) in [5.74, 6) is 0.855. The summed E-state index contributed by atoms with van der Waals surface area (Å²) >= 11 is 0. The van der Waals surface area contributed by atoms with Crippen molar-refractivity contribution < 1.29 is 9.53 Å². The second kappa shape index (κ2) is 5.99. The number of methoxy groups -OCH3 is 1. The Hall–Kier alpha value is -1.60. The Morgan fingerprint density at radius 1 is 1.47 bits per heavy atom. The number of hydrogen-bond donors (Lipinski definition) is 0. The van der Waals surface area contributed by atoms with E-state index >= 15 is 0 Å². The Kier molecular flexibility index (Phi) is 4.58. The molecule has 0 aliphatic rings. The van der Waals surface area contributed by atoms with E-state index in [1.54, 1.807) is 7.11 Å². The number of ether oxygens (including phenoxy) is 1. The Morgan fingerprint density at radius 3 is 2.87 bits per heavy atom. The molecule has 1 aromatic rings. The number of aryl methyl sites for hydroxylation is 1. The van der Waals surface area contributed by atoms with Crippen molar-refractivity contribution in [2.45, 2.75) is 19.8 Å². The Labute approximate surface area is 89.8 Å². The number of aliphatic imine (C=N–C) groups is 1. The zero-order valence-electron chi connectivity index (χ0n) is 9.12. The van der Waals surface area contributed by atoms with Gasteiger partial charge in [-0.3, -0.25) is 0 Å². The van der Waals surface area contributed by atoms with Crippen LogP contribution in [-0.2, 0) is 17.6 Å². The van der Waals surface area contributed by atoms with Gasteiger partial charge in [0.25, 0.3) is 0 Å². The highest BCUT2D eigenvalue weighted by Gasteiger charge is 2.03. The van der Waals surface area contributed by atoms with Crippen molar-refractivity contribution >= 4 is 6.08 Å². The second-order valence-electron chi connectivity index (χ2n) is 3.22. The molecule has 0 bridgehead atoms. The summed E-state index contributed by atoms with van der Waals surface area (Å²) in [6.07, 6.45) is 3.25. The van der Waals surface area contributed by atoms with Crippen molar-refractivity contribution in [1.29, 1.82) is 0 Å². The molecule has 0 radical (unpaired) electrons. The zero-order chi connectivity index (χ0) is 11.1. The highest BCUT2D eigenvalue weighted by Crippen LogP contribution is 2.20. The molecule has 0 atom stereocenters. The summed E-state index contributed by atoms with van der Waals surface area (Å²) in [6.45, 7) is 2.57. The molecule has 1 rings (SSSR count). The van der Waals surface area contributed by atoms with Gasteiger partial charge in [-0.05, 0) is 30.0 Å². The van der Waals surface area contributed by atoms with Crippen LogP contribution in [0, 0.1) is 0 Å². The molecule has 0 heterocycles. The molecule has 0 saturated heterocycles. The van der Waals surface area contributed by atoms with Crippen molar-refractivity contribution in [3.8, 4) is 5.75 Å². The fourth-order valence-corrected chi connectivity index (χ4v) is 1.47. The minimum atomic E-state index is 0.465. The molecule has 0 aliphatic carbocycles. The molecule has 0 aromatic heterocycles. The van der Waals surface area contributed by atoms with Crippen LogP contribution in [0.3, 0.4) is 0 Å². The van der Waals surface area contributed by atoms with Crippen LogP contribution in [0.1, 0.15) is 18.1 Å². The highest BCUT2D eigenvalue weighted by atomic mass is 16.5. The maximum atomic E-state index is 9.95. The van der Waals surface area contributed by atoms with E-state index in [-0.39, 0.29) is 0 Å². The maximum absolute atomic E-state index is 9.95. The molecule has 0 saturated carbocycles. The van der Waals surface area contributed by atoms with E-state index < -0.39 is 0 Å². The zero-order valence-corrected chi connectivity index (χ0v) is 9.12. The molecule has 3 nitrogen and oxygen atoms in total. The van der Waals surface area contributed by atoms with E-state index in [4.69, 9.17) is 4.74 Å². The van der Waals surface area contributed by atoms with E-state index in [0.717, 1.165) is 17.7 Å². The minimum absolute atomic E-state index is 0.465. The lowest BCUT2D eigenvalue weighted by atomic mass is 10.1. The van der Waals surface area contributed by atoms with E-state index in [0.29, 0.717) is 13.0 Å². The topological polar surface area (TPSA) is 38.7 Å². The number of rotatable bonds is 5. The first-order chi connectivity index (χ1) is 7.31. The third kappa shape index (κ3) is 3.22. The van der Waals surface area contributed by atoms with Gasteiger partial charge in [0.2, 0.25) is 6.08 Å². The number of carbonyl (C=O) groups excluding carboxylic acids is 1. The van der Waals surface area contributed by atoms with Gasteiger partial charge >= 0.3 is 0 Å². The van der Waals surface area contributed by atoms with Crippen LogP contribution in [-0.4, -0.2) is 19.7 Å². The van der Waals surface area contributed by atoms with E-state index in [1.807, 2.05) is 12.1 Å². The average molecular weight is 205 g/mol. The maximum Gasteiger partial charge on any atom is 0.234 e. The van der Waals surface area contributed by atoms with Crippen LogP contribution in [0.25, 0.3) is 0 Å². The molecule has 80 valence electrons. The van der Waals surface area contributed by atoms with Crippen molar-refractivity contribution in [2.24, 2.45) is 4.99 Å². The third-order valence-electron chi connectivity index (χ3n) is 2.31. The van der Waals surface area contributed by atoms with Crippen LogP contribution in [0.15, 0.2) is 23.2 Å². The predicted octanol–water partition coefficient (Wildman–Crippen LogP) is 2.14. The van der Waals surface area contributed by atoms with Gasteiger partial charge < -0.3 is 4.74 Å². The lowest BCUT2D eigenvalue weighted by molar-refractivity contribution is 0.409. The minimum Gasteiger partial charge on any atom is -0.496 e. The van der Waals surface area contributed by atoms with Crippen molar-refractivity contribution in [2.75, 3.05) is 13.7 Å². The first-order valence-electron chi connectivity index (χ1n) is 5.01. The van der Waals surface area contributed by atoms with Gasteiger partial charge in [-0.2, -0.15) is 0 Å². The molecule has 3 heteroatoms. The van der Waals surface area contributed by atoms with Crippen LogP contribution in [0.5, 0.6) is 5.75 Å². The molecule has 0 amide bonds. The van der Waals surface area contributed by atoms with E-state index in [9.17, 15) is 4.79 Å². The summed E-state index contributed by atoms with van der Waals surface area (Å²) in [7, 11) is 1.65. The van der Waals surface area contributed by atoms with Crippen molar-refractivity contribution in [3.63, 3.8) is 0 Å². The van der Waals surface area contributed by atoms with Crippen LogP contribution in [0.4, 0.5) is 0 Å². The molecule has 0 spiro atoms. The molecule has 0 aliphatic heterocycles. The molecule has 0 N–H and O–H groups in total. The smallest absolute Gasteiger partial charge is 0.234 e. The Morgan fingerprint density at radius 2 is 2.27 bits per heavy atom. The molecule has 1 aromatic carbocycles. The van der Waals surface area contributed by atoms with Gasteiger partial charge in [-0.15, -0.1) is 0 Å². The SMILES string of the molecule is CCc1ccc(OC)c(CCN=C=O)c1. The first-order valence-corrected chi connectivity index (χ1v) is 5.01. The lowest BCUT2D eigenvalue weighted by Gasteiger charge is -2.08. The molecule has 15 heavy (non-hydrogen) atoms. The number of isocyanates is 1. The average Bonchev–Trinajstić information content (AvgIpc) is 2.29. The van der Waals surface area contributed by atoms with E-state index in [2.05, 4.69) is 18.0 Å². The summed E-state index contributed by atoms with van der Waals surface area (Å²) in [5.41, 5.74) is 2.36. The monoisotopic (exact) mass is 205 g/mol. The van der Waals surface area contributed by atoms with Crippen LogP contribution < -0.4 is 4.74 Å². The normalized spacial score (nSPS) is 9.47. The molecule has 0 unspecified atom stereocenters. The number of nitrogens with zero attached hydrogens (tertiary/aromatic N) is 1. The summed E-state index contributed by atoms with van der Waals surface area (Å²) in [4.78, 5) is 13.5. The summed E-state index contributed by atoms with van der Waals surface area (Å²) in [6, 6.07) is 6.10. The van der Waals surface area contributed by atoms with Gasteiger partial charge in [-0.1, -0.05) is 19.1 Å². The predicted molar refractivity (Wildman–Crippen MR) is 59.1 cm³/mol. The molecular formula is C12H15NO2. The third-order valence-corrected chi connectivity index (χ3v) is 2.31. The largest absolute Gasteiger partial charge is 0.496 e. The molecule has 0 fully saturated rings. The number of hydrogen-bond acceptors (Lipinski definition) is 3. The highest BCUT2D eigenvalue weighted by molar-refractivity contribution is 5.38. The quantitative estimate of drug-likeness (QED) is 0.545. The van der Waals surface area contributed by atoms with Gasteiger partial charge in [0.15, 0.2) is 0 Å². The second-order valence-corrected chi connectivity index (χ2v) is 3.22. The van der Waals surface area contributed by atoms with E-state index in [1.165, 1.54) is 11.6 Å². The van der Waals surface area contributed by atoms with Gasteiger partial charge in [0.05, 0.1) is 13.7 Å². The summed E-state index contributed by atoms with van der Waals surface area (Å²) in [5, 5.41) is 0. The van der Waals surface area contributed by atoms with Gasteiger partial charge in [0, 0.05) is 0 Å². The Bertz CT molecular complexity index is 368. The van der Waals surface area contributed by atoms with Crippen molar-refractivity contribution in [1.82, 2.24) is 0 Å². The fraction of sp³-hybridized carbons (Fsp3) is 0.417. The lowest BCUT2D eigenvalue weighted by Crippen LogP contribution is -1.96. The fourth-order valence-electron chi connectivity index (χ4n) is 1.47. The number of benzene rings is 1. The van der Waals surface area contributed by atoms with Crippen molar-refractivity contribution in [3.05, 3.63) is 29.3 Å². The van der Waals surface area contributed by atoms with Gasteiger partial charge in [0.1, 0.15) is 5.75 Å². The summed E-state index contributed by atoms with van der Waals surface area (Å²) < 4.78 is 5.24. The molecular weight excluding hydrogens is 190 g/mol. The van der Waals surface area contributed by atoms with Crippen LogP contribution >= 0.6 is 0 Å². The first kappa shape index (κ1) is 11.5.